The maximum absolute atomic E-state index is 11.8. The average molecular weight is 292 g/mol. The quantitative estimate of drug-likeness (QED) is 0.786. The van der Waals surface area contributed by atoms with Gasteiger partial charge in [-0.15, -0.1) is 0 Å². The lowest BCUT2D eigenvalue weighted by atomic mass is 9.71. The summed E-state index contributed by atoms with van der Waals surface area (Å²) in [7, 11) is 0. The van der Waals surface area contributed by atoms with Crippen molar-refractivity contribution in [2.45, 2.75) is 32.6 Å². The van der Waals surface area contributed by atoms with Gasteiger partial charge in [-0.1, -0.05) is 6.92 Å². The van der Waals surface area contributed by atoms with Crippen LogP contribution in [0.3, 0.4) is 0 Å². The third-order valence-corrected chi connectivity index (χ3v) is 4.06. The minimum absolute atomic E-state index is 0.119. The Morgan fingerprint density at radius 1 is 1.33 bits per heavy atom. The number of aliphatic carboxylic acids is 1. The topological polar surface area (TPSA) is 104 Å². The maximum Gasteiger partial charge on any atom is 0.321 e. The van der Waals surface area contributed by atoms with E-state index in [1.54, 1.807) is 6.07 Å². The first-order valence-corrected chi connectivity index (χ1v) is 7.07. The number of aromatic nitrogens is 2. The second kappa shape index (κ2) is 6.51. The Morgan fingerprint density at radius 3 is 2.52 bits per heavy atom. The number of carboxylic acid groups (broad SMARTS) is 1. The van der Waals surface area contributed by atoms with Crippen LogP contribution in [0.25, 0.3) is 0 Å². The molecule has 2 amide bonds. The monoisotopic (exact) mass is 292 g/mol. The number of carbonyl (C=O) groups excluding carboxylic acids is 1. The molecule has 1 fully saturated rings. The van der Waals surface area contributed by atoms with Crippen LogP contribution in [-0.4, -0.2) is 33.6 Å². The SMILES string of the molecule is CC1CCC(CNC(=O)Nc2ncccn2)(C(=O)O)CC1. The molecule has 0 unspecified atom stereocenters. The van der Waals surface area contributed by atoms with Gasteiger partial charge in [0.25, 0.3) is 0 Å². The van der Waals surface area contributed by atoms with Crippen LogP contribution in [0.15, 0.2) is 18.5 Å². The molecule has 7 heteroatoms. The normalized spacial score (nSPS) is 25.1. The van der Waals surface area contributed by atoms with Crippen molar-refractivity contribution in [3.05, 3.63) is 18.5 Å². The predicted octanol–water partition coefficient (Wildman–Crippen LogP) is 1.88. The third-order valence-electron chi connectivity index (χ3n) is 4.06. The fourth-order valence-corrected chi connectivity index (χ4v) is 2.54. The fourth-order valence-electron chi connectivity index (χ4n) is 2.54. The maximum atomic E-state index is 11.8. The summed E-state index contributed by atoms with van der Waals surface area (Å²) in [5.41, 5.74) is -0.860. The zero-order chi connectivity index (χ0) is 15.3. The van der Waals surface area contributed by atoms with E-state index in [4.69, 9.17) is 0 Å². The molecule has 114 valence electrons. The number of hydrogen-bond acceptors (Lipinski definition) is 4. The zero-order valence-electron chi connectivity index (χ0n) is 12.0. The lowest BCUT2D eigenvalue weighted by Gasteiger charge is -2.35. The van der Waals surface area contributed by atoms with Crippen LogP contribution in [-0.2, 0) is 4.79 Å². The van der Waals surface area contributed by atoms with Gasteiger partial charge in [0.1, 0.15) is 0 Å². The number of urea groups is 1. The number of carbonyl (C=O) groups is 2. The highest BCUT2D eigenvalue weighted by molar-refractivity contribution is 5.87. The Kier molecular flexibility index (Phi) is 4.72. The Bertz CT molecular complexity index is 498. The molecule has 1 aromatic rings. The first kappa shape index (κ1) is 15.2. The number of anilines is 1. The third kappa shape index (κ3) is 3.90. The molecular formula is C14H20N4O3. The summed E-state index contributed by atoms with van der Waals surface area (Å²) in [6.07, 6.45) is 5.96. The van der Waals surface area contributed by atoms with Crippen LogP contribution < -0.4 is 10.6 Å². The number of amides is 2. The second-order valence-corrected chi connectivity index (χ2v) is 5.65. The van der Waals surface area contributed by atoms with E-state index < -0.39 is 17.4 Å². The summed E-state index contributed by atoms with van der Waals surface area (Å²) in [6, 6.07) is 1.16. The largest absolute Gasteiger partial charge is 0.481 e. The van der Waals surface area contributed by atoms with E-state index in [2.05, 4.69) is 27.5 Å². The van der Waals surface area contributed by atoms with E-state index in [1.165, 1.54) is 12.4 Å². The smallest absolute Gasteiger partial charge is 0.321 e. The van der Waals surface area contributed by atoms with Gasteiger partial charge < -0.3 is 10.4 Å². The molecule has 0 spiro atoms. The standard InChI is InChI=1S/C14H20N4O3/c1-10-3-5-14(6-4-10,11(19)20)9-17-13(21)18-12-15-7-2-8-16-12/h2,7-8,10H,3-6,9H2,1H3,(H,19,20)(H2,15,16,17,18,21). The van der Waals surface area contributed by atoms with Crippen molar-refractivity contribution in [2.24, 2.45) is 11.3 Å². The van der Waals surface area contributed by atoms with Crippen LogP contribution in [0.1, 0.15) is 32.6 Å². The van der Waals surface area contributed by atoms with Crippen LogP contribution in [0.2, 0.25) is 0 Å². The zero-order valence-corrected chi connectivity index (χ0v) is 12.0. The Hall–Kier alpha value is -2.18. The summed E-state index contributed by atoms with van der Waals surface area (Å²) >= 11 is 0. The van der Waals surface area contributed by atoms with Crippen molar-refractivity contribution < 1.29 is 14.7 Å². The number of carboxylic acids is 1. The fraction of sp³-hybridized carbons (Fsp3) is 0.571. The van der Waals surface area contributed by atoms with Crippen molar-refractivity contribution in [1.29, 1.82) is 0 Å². The summed E-state index contributed by atoms with van der Waals surface area (Å²) in [6.45, 7) is 2.24. The van der Waals surface area contributed by atoms with Gasteiger partial charge >= 0.3 is 12.0 Å². The first-order chi connectivity index (χ1) is 10.0. The summed E-state index contributed by atoms with van der Waals surface area (Å²) < 4.78 is 0. The minimum atomic E-state index is -0.860. The lowest BCUT2D eigenvalue weighted by molar-refractivity contribution is -0.151. The Morgan fingerprint density at radius 2 is 1.95 bits per heavy atom. The van der Waals surface area contributed by atoms with E-state index in [9.17, 15) is 14.7 Å². The van der Waals surface area contributed by atoms with Gasteiger partial charge in [-0.05, 0) is 37.7 Å². The molecule has 0 radical (unpaired) electrons. The predicted molar refractivity (Wildman–Crippen MR) is 76.8 cm³/mol. The van der Waals surface area contributed by atoms with Gasteiger partial charge in [0.15, 0.2) is 0 Å². The minimum Gasteiger partial charge on any atom is -0.481 e. The van der Waals surface area contributed by atoms with Crippen LogP contribution in [0, 0.1) is 11.3 Å². The highest BCUT2D eigenvalue weighted by Crippen LogP contribution is 2.38. The van der Waals surface area contributed by atoms with Crippen molar-refractivity contribution in [3.63, 3.8) is 0 Å². The van der Waals surface area contributed by atoms with Gasteiger partial charge in [-0.2, -0.15) is 0 Å². The van der Waals surface area contributed by atoms with Crippen LogP contribution in [0.4, 0.5) is 10.7 Å². The number of hydrogen-bond donors (Lipinski definition) is 3. The molecule has 1 aliphatic rings. The number of nitrogens with one attached hydrogen (secondary N) is 2. The Labute approximate surface area is 123 Å². The van der Waals surface area contributed by atoms with Crippen molar-refractivity contribution in [1.82, 2.24) is 15.3 Å². The lowest BCUT2D eigenvalue weighted by Crippen LogP contribution is -2.46. The van der Waals surface area contributed by atoms with E-state index in [1.807, 2.05) is 0 Å². The molecule has 1 heterocycles. The molecule has 21 heavy (non-hydrogen) atoms. The highest BCUT2D eigenvalue weighted by atomic mass is 16.4. The van der Waals surface area contributed by atoms with Crippen molar-refractivity contribution >= 4 is 17.9 Å². The highest BCUT2D eigenvalue weighted by Gasteiger charge is 2.41. The molecule has 3 N–H and O–H groups in total. The summed E-state index contributed by atoms with van der Waals surface area (Å²) in [5.74, 6) is -0.105. The molecule has 1 aliphatic carbocycles. The molecule has 7 nitrogen and oxygen atoms in total. The van der Waals surface area contributed by atoms with Gasteiger partial charge in [0.2, 0.25) is 5.95 Å². The molecular weight excluding hydrogens is 272 g/mol. The Balaban J connectivity index is 1.90. The molecule has 1 aromatic heterocycles. The summed E-state index contributed by atoms with van der Waals surface area (Å²) in [4.78, 5) is 31.1. The average Bonchev–Trinajstić information content (AvgIpc) is 2.48. The first-order valence-electron chi connectivity index (χ1n) is 7.07. The molecule has 1 saturated carbocycles. The van der Waals surface area contributed by atoms with E-state index in [-0.39, 0.29) is 12.5 Å². The molecule has 0 bridgehead atoms. The van der Waals surface area contributed by atoms with Gasteiger partial charge in [0, 0.05) is 18.9 Å². The summed E-state index contributed by atoms with van der Waals surface area (Å²) in [5, 5.41) is 14.6. The van der Waals surface area contributed by atoms with E-state index >= 15 is 0 Å². The molecule has 0 aliphatic heterocycles. The number of nitrogens with zero attached hydrogens (tertiary/aromatic N) is 2. The van der Waals surface area contributed by atoms with E-state index in [0.29, 0.717) is 18.8 Å². The molecule has 0 atom stereocenters. The number of rotatable bonds is 4. The van der Waals surface area contributed by atoms with Crippen LogP contribution in [0.5, 0.6) is 0 Å². The van der Waals surface area contributed by atoms with Gasteiger partial charge in [-0.3, -0.25) is 10.1 Å². The van der Waals surface area contributed by atoms with Gasteiger partial charge in [0.05, 0.1) is 5.41 Å². The van der Waals surface area contributed by atoms with Crippen molar-refractivity contribution in [2.75, 3.05) is 11.9 Å². The van der Waals surface area contributed by atoms with Crippen molar-refractivity contribution in [3.8, 4) is 0 Å². The van der Waals surface area contributed by atoms with Gasteiger partial charge in [-0.25, -0.2) is 14.8 Å². The molecule has 2 rings (SSSR count). The molecule has 0 saturated heterocycles. The second-order valence-electron chi connectivity index (χ2n) is 5.65. The molecule has 0 aromatic carbocycles. The van der Waals surface area contributed by atoms with E-state index in [0.717, 1.165) is 12.8 Å². The van der Waals surface area contributed by atoms with Crippen LogP contribution >= 0.6 is 0 Å².